The molecule has 1 amide bonds. The van der Waals surface area contributed by atoms with Crippen LogP contribution in [0, 0.1) is 0 Å². The monoisotopic (exact) mass is 418 g/mol. The number of hydrogen-bond acceptors (Lipinski definition) is 5. The van der Waals surface area contributed by atoms with E-state index >= 15 is 0 Å². The molecule has 156 valence electrons. The maximum absolute atomic E-state index is 13.2. The number of rotatable bonds is 5. The molecule has 2 atom stereocenters. The molecular formula is C19H25F3N2O3S. The van der Waals surface area contributed by atoms with Gasteiger partial charge in [-0.1, -0.05) is 0 Å². The fourth-order valence-corrected chi connectivity index (χ4v) is 4.51. The van der Waals surface area contributed by atoms with Crippen molar-refractivity contribution in [3.8, 4) is 5.75 Å². The molecule has 1 aromatic carbocycles. The molecule has 1 N–H and O–H groups in total. The van der Waals surface area contributed by atoms with E-state index in [1.165, 1.54) is 7.11 Å². The van der Waals surface area contributed by atoms with Crippen molar-refractivity contribution < 1.29 is 27.4 Å². The fraction of sp³-hybridized carbons (Fsp3) is 0.632. The van der Waals surface area contributed by atoms with Gasteiger partial charge >= 0.3 is 6.18 Å². The van der Waals surface area contributed by atoms with Crippen LogP contribution in [0.25, 0.3) is 0 Å². The van der Waals surface area contributed by atoms with Gasteiger partial charge in [0.25, 0.3) is 5.91 Å². The largest absolute Gasteiger partial charge is 0.496 e. The third-order valence-electron chi connectivity index (χ3n) is 5.31. The molecule has 3 rings (SSSR count). The lowest BCUT2D eigenvalue weighted by atomic mass is 10.0. The highest BCUT2D eigenvalue weighted by atomic mass is 32.2. The second-order valence-corrected chi connectivity index (χ2v) is 7.86. The number of benzene rings is 1. The Bertz CT molecular complexity index is 683. The second-order valence-electron chi connectivity index (χ2n) is 7.01. The van der Waals surface area contributed by atoms with Crippen molar-refractivity contribution in [2.75, 3.05) is 39.7 Å². The highest BCUT2D eigenvalue weighted by Gasteiger charge is 2.36. The molecule has 0 aliphatic carbocycles. The van der Waals surface area contributed by atoms with Crippen LogP contribution in [0.15, 0.2) is 17.0 Å². The van der Waals surface area contributed by atoms with E-state index in [1.807, 2.05) is 0 Å². The van der Waals surface area contributed by atoms with E-state index in [4.69, 9.17) is 9.47 Å². The van der Waals surface area contributed by atoms with E-state index in [9.17, 15) is 18.0 Å². The number of methoxy groups -OCH3 is 1. The van der Waals surface area contributed by atoms with E-state index in [0.717, 1.165) is 49.8 Å². The van der Waals surface area contributed by atoms with Crippen molar-refractivity contribution in [3.05, 3.63) is 23.3 Å². The van der Waals surface area contributed by atoms with Crippen molar-refractivity contribution in [3.63, 3.8) is 0 Å². The lowest BCUT2D eigenvalue weighted by Gasteiger charge is -2.38. The maximum atomic E-state index is 13.2. The predicted molar refractivity (Wildman–Crippen MR) is 101 cm³/mol. The van der Waals surface area contributed by atoms with Gasteiger partial charge in [0.2, 0.25) is 0 Å². The minimum absolute atomic E-state index is 0.0681. The maximum Gasteiger partial charge on any atom is 0.416 e. The summed E-state index contributed by atoms with van der Waals surface area (Å²) in [5, 5.41) is 3.03. The molecule has 0 aromatic heterocycles. The van der Waals surface area contributed by atoms with Crippen LogP contribution in [-0.4, -0.2) is 62.6 Å². The van der Waals surface area contributed by atoms with E-state index in [2.05, 4.69) is 10.2 Å². The standard InChI is InChI=1S/C19H25F3N2O3S/c1-26-15-9-12(19(20,21)22)10-16(28-2)17(15)18(25)23-13-5-8-27-11-14(13)24-6-3-4-7-24/h9-10,13-14H,3-8,11H2,1-2H3,(H,23,25). The zero-order valence-corrected chi connectivity index (χ0v) is 16.8. The van der Waals surface area contributed by atoms with Crippen molar-refractivity contribution in [2.45, 2.75) is 42.4 Å². The molecule has 2 aliphatic heterocycles. The number of hydrogen-bond donors (Lipinski definition) is 1. The number of nitrogens with zero attached hydrogens (tertiary/aromatic N) is 1. The summed E-state index contributed by atoms with van der Waals surface area (Å²) in [4.78, 5) is 15.6. The van der Waals surface area contributed by atoms with Gasteiger partial charge in [-0.2, -0.15) is 13.2 Å². The van der Waals surface area contributed by atoms with Crippen LogP contribution in [0.4, 0.5) is 13.2 Å². The first-order chi connectivity index (χ1) is 13.3. The molecule has 0 spiro atoms. The summed E-state index contributed by atoms with van der Waals surface area (Å²) < 4.78 is 50.3. The third kappa shape index (κ3) is 4.58. The Morgan fingerprint density at radius 1 is 1.32 bits per heavy atom. The van der Waals surface area contributed by atoms with Gasteiger partial charge < -0.3 is 14.8 Å². The molecular weight excluding hydrogens is 393 g/mol. The summed E-state index contributed by atoms with van der Waals surface area (Å²) in [7, 11) is 1.28. The number of halogens is 3. The number of nitrogens with one attached hydrogen (secondary N) is 1. The number of carbonyl (C=O) groups excluding carboxylic acids is 1. The highest BCUT2D eigenvalue weighted by Crippen LogP contribution is 2.38. The Hall–Kier alpha value is -1.45. The van der Waals surface area contributed by atoms with Crippen LogP contribution in [0.1, 0.15) is 35.2 Å². The second kappa shape index (κ2) is 8.92. The van der Waals surface area contributed by atoms with E-state index < -0.39 is 17.6 Å². The molecule has 0 radical (unpaired) electrons. The van der Waals surface area contributed by atoms with Crippen LogP contribution in [0.3, 0.4) is 0 Å². The Balaban J connectivity index is 1.86. The molecule has 2 unspecified atom stereocenters. The number of carbonyl (C=O) groups is 1. The van der Waals surface area contributed by atoms with Crippen LogP contribution in [0.2, 0.25) is 0 Å². The molecule has 0 bridgehead atoms. The average Bonchev–Trinajstić information content (AvgIpc) is 3.21. The molecule has 2 aliphatic rings. The Morgan fingerprint density at radius 3 is 2.64 bits per heavy atom. The van der Waals surface area contributed by atoms with Gasteiger partial charge in [-0.3, -0.25) is 9.69 Å². The smallest absolute Gasteiger partial charge is 0.416 e. The summed E-state index contributed by atoms with van der Waals surface area (Å²) in [5.74, 6) is -0.479. The van der Waals surface area contributed by atoms with Gasteiger partial charge in [0, 0.05) is 17.5 Å². The number of amides is 1. The Labute approximate surface area is 166 Å². The van der Waals surface area contributed by atoms with Crippen LogP contribution < -0.4 is 10.1 Å². The number of thioether (sulfide) groups is 1. The number of likely N-dealkylation sites (tertiary alicyclic amines) is 1. The SMILES string of the molecule is COc1cc(C(F)(F)F)cc(SC)c1C(=O)NC1CCOCC1N1CCCC1. The van der Waals surface area contributed by atoms with E-state index in [1.54, 1.807) is 6.26 Å². The van der Waals surface area contributed by atoms with Gasteiger partial charge in [0.05, 0.1) is 30.9 Å². The van der Waals surface area contributed by atoms with Crippen molar-refractivity contribution in [1.82, 2.24) is 10.2 Å². The summed E-state index contributed by atoms with van der Waals surface area (Å²) >= 11 is 1.10. The summed E-state index contributed by atoms with van der Waals surface area (Å²) in [5.41, 5.74) is -0.680. The molecule has 9 heteroatoms. The lowest BCUT2D eigenvalue weighted by molar-refractivity contribution is -0.137. The topological polar surface area (TPSA) is 50.8 Å². The summed E-state index contributed by atoms with van der Waals surface area (Å²) in [6.07, 6.45) is 0.0625. The fourth-order valence-electron chi connectivity index (χ4n) is 3.86. The minimum Gasteiger partial charge on any atom is -0.496 e. The van der Waals surface area contributed by atoms with Crippen molar-refractivity contribution in [1.29, 1.82) is 0 Å². The summed E-state index contributed by atoms with van der Waals surface area (Å²) in [6.45, 7) is 3.04. The molecule has 2 fully saturated rings. The average molecular weight is 418 g/mol. The first-order valence-electron chi connectivity index (χ1n) is 9.31. The molecule has 0 saturated carbocycles. The highest BCUT2D eigenvalue weighted by molar-refractivity contribution is 7.98. The first kappa shape index (κ1) is 21.3. The zero-order chi connectivity index (χ0) is 20.3. The van der Waals surface area contributed by atoms with Crippen LogP contribution >= 0.6 is 11.8 Å². The molecule has 28 heavy (non-hydrogen) atoms. The Morgan fingerprint density at radius 2 is 2.04 bits per heavy atom. The van der Waals surface area contributed by atoms with Gasteiger partial charge in [0.15, 0.2) is 0 Å². The zero-order valence-electron chi connectivity index (χ0n) is 16.0. The quantitative estimate of drug-likeness (QED) is 0.743. The number of ether oxygens (including phenoxy) is 2. The molecule has 5 nitrogen and oxygen atoms in total. The third-order valence-corrected chi connectivity index (χ3v) is 6.07. The van der Waals surface area contributed by atoms with Gasteiger partial charge in [-0.15, -0.1) is 11.8 Å². The van der Waals surface area contributed by atoms with Crippen molar-refractivity contribution >= 4 is 17.7 Å². The van der Waals surface area contributed by atoms with Gasteiger partial charge in [0.1, 0.15) is 5.75 Å². The number of alkyl halides is 3. The van der Waals surface area contributed by atoms with Gasteiger partial charge in [-0.25, -0.2) is 0 Å². The predicted octanol–water partition coefficient (Wildman–Crippen LogP) is 3.42. The normalized spacial score (nSPS) is 23.6. The van der Waals surface area contributed by atoms with E-state index in [0.29, 0.717) is 19.6 Å². The van der Waals surface area contributed by atoms with Crippen molar-refractivity contribution in [2.24, 2.45) is 0 Å². The molecule has 2 heterocycles. The van der Waals surface area contributed by atoms with Crippen LogP contribution in [0.5, 0.6) is 5.75 Å². The minimum atomic E-state index is -4.51. The van der Waals surface area contributed by atoms with E-state index in [-0.39, 0.29) is 28.3 Å². The van der Waals surface area contributed by atoms with Crippen LogP contribution in [-0.2, 0) is 10.9 Å². The van der Waals surface area contributed by atoms with Gasteiger partial charge in [-0.05, 0) is 50.7 Å². The summed E-state index contributed by atoms with van der Waals surface area (Å²) in [6, 6.07) is 1.86. The first-order valence-corrected chi connectivity index (χ1v) is 10.5. The lowest BCUT2D eigenvalue weighted by Crippen LogP contribution is -2.56. The Kier molecular flexibility index (Phi) is 6.77. The molecule has 2 saturated heterocycles. The molecule has 1 aromatic rings.